The highest BCUT2D eigenvalue weighted by Crippen LogP contribution is 2.45. The predicted molar refractivity (Wildman–Crippen MR) is 99.4 cm³/mol. The molecule has 0 amide bonds. The third kappa shape index (κ3) is 3.68. The molecule has 5 nitrogen and oxygen atoms in total. The number of hydrogen-bond donors (Lipinski definition) is 0. The van der Waals surface area contributed by atoms with Crippen LogP contribution in [0.1, 0.15) is 40.0 Å². The highest BCUT2D eigenvalue weighted by Gasteiger charge is 2.50. The Hall–Kier alpha value is -2.14. The molecule has 1 heterocycles. The molecule has 1 aliphatic heterocycles. The first-order valence-corrected chi connectivity index (χ1v) is 9.06. The lowest BCUT2D eigenvalue weighted by Gasteiger charge is -2.29. The Morgan fingerprint density at radius 2 is 1.77 bits per heavy atom. The Labute approximate surface area is 155 Å². The number of carbonyl (C=O) groups excluding carboxylic acids is 2. The highest BCUT2D eigenvalue weighted by molar-refractivity contribution is 6.00. The van der Waals surface area contributed by atoms with Gasteiger partial charge in [-0.05, 0) is 55.9 Å². The molecule has 2 rings (SSSR count). The van der Waals surface area contributed by atoms with E-state index in [0.717, 1.165) is 27.9 Å². The number of rotatable bonds is 5. The fourth-order valence-corrected chi connectivity index (χ4v) is 3.58. The molecule has 0 N–H and O–H groups in total. The maximum Gasteiger partial charge on any atom is 0.323 e. The summed E-state index contributed by atoms with van der Waals surface area (Å²) in [5.74, 6) is -1.06. The number of esters is 2. The third-order valence-corrected chi connectivity index (χ3v) is 5.04. The van der Waals surface area contributed by atoms with Crippen molar-refractivity contribution in [3.05, 3.63) is 47.1 Å². The largest absolute Gasteiger partial charge is 0.465 e. The van der Waals surface area contributed by atoms with Gasteiger partial charge in [0.1, 0.15) is 0 Å². The smallest absolute Gasteiger partial charge is 0.323 e. The van der Waals surface area contributed by atoms with E-state index in [-0.39, 0.29) is 19.6 Å². The highest BCUT2D eigenvalue weighted by atomic mass is 16.6. The van der Waals surface area contributed by atoms with Crippen LogP contribution in [-0.4, -0.2) is 38.4 Å². The van der Waals surface area contributed by atoms with Crippen LogP contribution < -0.4 is 0 Å². The lowest BCUT2D eigenvalue weighted by molar-refractivity contribution is -0.172. The summed E-state index contributed by atoms with van der Waals surface area (Å²) in [6.45, 7) is 14.8. The Morgan fingerprint density at radius 1 is 1.15 bits per heavy atom. The molecule has 0 spiro atoms. The molecule has 0 unspecified atom stereocenters. The van der Waals surface area contributed by atoms with Gasteiger partial charge in [0.05, 0.1) is 26.4 Å². The molecule has 1 aliphatic carbocycles. The van der Waals surface area contributed by atoms with Crippen molar-refractivity contribution in [2.24, 2.45) is 5.41 Å². The lowest BCUT2D eigenvalue weighted by Crippen LogP contribution is -2.42. The molecule has 0 radical (unpaired) electrons. The van der Waals surface area contributed by atoms with Gasteiger partial charge in [0.15, 0.2) is 5.41 Å². The van der Waals surface area contributed by atoms with Crippen molar-refractivity contribution in [1.82, 2.24) is 0 Å². The minimum atomic E-state index is -1.36. The quantitative estimate of drug-likeness (QED) is 0.553. The van der Waals surface area contributed by atoms with Crippen molar-refractivity contribution < 1.29 is 23.8 Å². The molecule has 0 aromatic heterocycles. The van der Waals surface area contributed by atoms with Gasteiger partial charge in [-0.2, -0.15) is 0 Å². The average molecular weight is 360 g/mol. The number of ether oxygens (including phenoxy) is 3. The molecule has 1 saturated heterocycles. The van der Waals surface area contributed by atoms with Crippen LogP contribution in [0.3, 0.4) is 0 Å². The van der Waals surface area contributed by atoms with Crippen molar-refractivity contribution in [2.45, 2.75) is 40.0 Å². The van der Waals surface area contributed by atoms with Crippen LogP contribution in [0.25, 0.3) is 0 Å². The third-order valence-electron chi connectivity index (χ3n) is 5.04. The molecule has 0 bridgehead atoms. The van der Waals surface area contributed by atoms with Gasteiger partial charge >= 0.3 is 11.9 Å². The Kier molecular flexibility index (Phi) is 6.59. The van der Waals surface area contributed by atoms with E-state index in [9.17, 15) is 9.59 Å². The van der Waals surface area contributed by atoms with Crippen molar-refractivity contribution in [3.63, 3.8) is 0 Å². The fourth-order valence-electron chi connectivity index (χ4n) is 3.58. The van der Waals surface area contributed by atoms with Gasteiger partial charge in [0, 0.05) is 6.42 Å². The van der Waals surface area contributed by atoms with E-state index < -0.39 is 17.4 Å². The molecule has 1 fully saturated rings. The van der Waals surface area contributed by atoms with E-state index in [4.69, 9.17) is 14.2 Å². The normalized spacial score (nSPS) is 22.8. The summed E-state index contributed by atoms with van der Waals surface area (Å²) in [4.78, 5) is 25.8. The summed E-state index contributed by atoms with van der Waals surface area (Å²) >= 11 is 0. The second-order valence-electron chi connectivity index (χ2n) is 6.65. The summed E-state index contributed by atoms with van der Waals surface area (Å²) in [7, 11) is 0. The van der Waals surface area contributed by atoms with Gasteiger partial charge in [-0.1, -0.05) is 24.8 Å². The van der Waals surface area contributed by atoms with Gasteiger partial charge in [0.2, 0.25) is 0 Å². The molecule has 142 valence electrons. The molecule has 26 heavy (non-hydrogen) atoms. The average Bonchev–Trinajstić information content (AvgIpc) is 2.96. The summed E-state index contributed by atoms with van der Waals surface area (Å²) in [6, 6.07) is 0. The van der Waals surface area contributed by atoms with E-state index in [0.29, 0.717) is 26.1 Å². The van der Waals surface area contributed by atoms with Crippen LogP contribution in [0.5, 0.6) is 0 Å². The van der Waals surface area contributed by atoms with Crippen LogP contribution in [0.4, 0.5) is 0 Å². The Bertz CT molecular complexity index is 663. The van der Waals surface area contributed by atoms with Crippen molar-refractivity contribution >= 4 is 11.9 Å². The van der Waals surface area contributed by atoms with Crippen molar-refractivity contribution in [1.29, 1.82) is 0 Å². The first kappa shape index (κ1) is 20.2. The molecule has 0 aromatic carbocycles. The first-order valence-electron chi connectivity index (χ1n) is 9.06. The zero-order valence-corrected chi connectivity index (χ0v) is 16.0. The molecule has 2 aliphatic rings. The van der Waals surface area contributed by atoms with Gasteiger partial charge in [-0.15, -0.1) is 0 Å². The van der Waals surface area contributed by atoms with E-state index in [2.05, 4.69) is 13.2 Å². The first-order chi connectivity index (χ1) is 12.4. The SMILES string of the molecule is C=CC1=C(C)CCC(C(=O)OCC)(C(=O)OCC)C/C1=C1/COCC1=C. The van der Waals surface area contributed by atoms with E-state index >= 15 is 0 Å². The van der Waals surface area contributed by atoms with Gasteiger partial charge in [0.25, 0.3) is 0 Å². The van der Waals surface area contributed by atoms with Gasteiger partial charge < -0.3 is 14.2 Å². The minimum absolute atomic E-state index is 0.209. The fraction of sp³-hybridized carbons (Fsp3) is 0.524. The molecule has 0 aromatic rings. The van der Waals surface area contributed by atoms with Crippen molar-refractivity contribution in [2.75, 3.05) is 26.4 Å². The number of allylic oxidation sites excluding steroid dienone is 4. The van der Waals surface area contributed by atoms with Crippen LogP contribution >= 0.6 is 0 Å². The molecule has 0 saturated carbocycles. The summed E-state index contributed by atoms with van der Waals surface area (Å²) in [5.41, 5.74) is 3.39. The van der Waals surface area contributed by atoms with Gasteiger partial charge in [-0.25, -0.2) is 0 Å². The van der Waals surface area contributed by atoms with Crippen LogP contribution in [-0.2, 0) is 23.8 Å². The maximum absolute atomic E-state index is 12.9. The molecular formula is C21H28O5. The summed E-state index contributed by atoms with van der Waals surface area (Å²) < 4.78 is 16.1. The number of hydrogen-bond acceptors (Lipinski definition) is 5. The zero-order chi connectivity index (χ0) is 19.3. The standard InChI is InChI=1S/C21H28O5/c1-6-16-14(4)9-10-21(19(22)25-7-2,20(23)26-8-3)11-17(16)18-13-24-12-15(18)5/h6H,1,5,7-13H2,2-4H3/b18-17+. The number of carbonyl (C=O) groups is 2. The van der Waals surface area contributed by atoms with E-state index in [1.54, 1.807) is 19.9 Å². The van der Waals surface area contributed by atoms with Gasteiger partial charge in [-0.3, -0.25) is 9.59 Å². The topological polar surface area (TPSA) is 61.8 Å². The Morgan fingerprint density at radius 3 is 2.23 bits per heavy atom. The molecular weight excluding hydrogens is 332 g/mol. The van der Waals surface area contributed by atoms with Crippen molar-refractivity contribution in [3.8, 4) is 0 Å². The second-order valence-corrected chi connectivity index (χ2v) is 6.65. The Balaban J connectivity index is 2.62. The van der Waals surface area contributed by atoms with Crippen LogP contribution in [0, 0.1) is 5.41 Å². The lowest BCUT2D eigenvalue weighted by atomic mass is 9.76. The van der Waals surface area contributed by atoms with Crippen LogP contribution in [0.2, 0.25) is 0 Å². The maximum atomic E-state index is 12.9. The summed E-state index contributed by atoms with van der Waals surface area (Å²) in [6.07, 6.45) is 2.93. The molecule has 5 heteroatoms. The second kappa shape index (κ2) is 8.49. The molecule has 0 atom stereocenters. The van der Waals surface area contributed by atoms with Crippen LogP contribution in [0.15, 0.2) is 47.1 Å². The predicted octanol–water partition coefficient (Wildman–Crippen LogP) is 3.67. The zero-order valence-electron chi connectivity index (χ0n) is 16.0. The van der Waals surface area contributed by atoms with E-state index in [1.165, 1.54) is 0 Å². The van der Waals surface area contributed by atoms with E-state index in [1.807, 2.05) is 6.92 Å². The minimum Gasteiger partial charge on any atom is -0.465 e. The monoisotopic (exact) mass is 360 g/mol. The summed E-state index contributed by atoms with van der Waals surface area (Å²) in [5, 5.41) is 0.